The van der Waals surface area contributed by atoms with Crippen molar-refractivity contribution < 1.29 is 14.3 Å². The van der Waals surface area contributed by atoms with Crippen molar-refractivity contribution in [3.63, 3.8) is 0 Å². The Morgan fingerprint density at radius 3 is 3.07 bits per heavy atom. The standard InChI is InChI=1S/C10H17NO3/c1-10(5-8-3-2-4-13-8)7-11-9(12)6-14-10/h8H,2-7H2,1H3,(H,11,12). The van der Waals surface area contributed by atoms with Crippen LogP contribution < -0.4 is 5.32 Å². The van der Waals surface area contributed by atoms with Crippen LogP contribution >= 0.6 is 0 Å². The van der Waals surface area contributed by atoms with Gasteiger partial charge in [0.15, 0.2) is 0 Å². The lowest BCUT2D eigenvalue weighted by Crippen LogP contribution is -2.52. The average molecular weight is 199 g/mol. The molecule has 0 radical (unpaired) electrons. The highest BCUT2D eigenvalue weighted by molar-refractivity contribution is 5.77. The van der Waals surface area contributed by atoms with Gasteiger partial charge in [-0.05, 0) is 19.8 Å². The molecule has 0 spiro atoms. The second-order valence-corrected chi connectivity index (χ2v) is 4.35. The van der Waals surface area contributed by atoms with Crippen molar-refractivity contribution in [2.24, 2.45) is 0 Å². The summed E-state index contributed by atoms with van der Waals surface area (Å²) in [5.41, 5.74) is -0.233. The Labute approximate surface area is 84.0 Å². The van der Waals surface area contributed by atoms with Crippen molar-refractivity contribution in [2.45, 2.75) is 37.9 Å². The maximum Gasteiger partial charge on any atom is 0.246 e. The molecule has 2 aliphatic heterocycles. The van der Waals surface area contributed by atoms with Gasteiger partial charge in [0.05, 0.1) is 11.7 Å². The fraction of sp³-hybridized carbons (Fsp3) is 0.900. The zero-order valence-electron chi connectivity index (χ0n) is 8.54. The second-order valence-electron chi connectivity index (χ2n) is 4.35. The van der Waals surface area contributed by atoms with Crippen molar-refractivity contribution in [2.75, 3.05) is 19.8 Å². The van der Waals surface area contributed by atoms with Gasteiger partial charge in [-0.15, -0.1) is 0 Å². The van der Waals surface area contributed by atoms with Crippen LogP contribution in [0.3, 0.4) is 0 Å². The van der Waals surface area contributed by atoms with E-state index in [1.807, 2.05) is 6.92 Å². The van der Waals surface area contributed by atoms with Crippen LogP contribution in [-0.4, -0.2) is 37.4 Å². The monoisotopic (exact) mass is 199 g/mol. The quantitative estimate of drug-likeness (QED) is 0.703. The van der Waals surface area contributed by atoms with Crippen LogP contribution in [0.2, 0.25) is 0 Å². The third kappa shape index (κ3) is 2.25. The highest BCUT2D eigenvalue weighted by Crippen LogP contribution is 2.26. The van der Waals surface area contributed by atoms with Crippen LogP contribution in [0.15, 0.2) is 0 Å². The first kappa shape index (κ1) is 9.93. The van der Waals surface area contributed by atoms with E-state index in [1.54, 1.807) is 0 Å². The molecule has 0 aliphatic carbocycles. The van der Waals surface area contributed by atoms with Crippen molar-refractivity contribution in [3.05, 3.63) is 0 Å². The molecule has 0 saturated carbocycles. The average Bonchev–Trinajstić information content (AvgIpc) is 2.63. The lowest BCUT2D eigenvalue weighted by atomic mass is 9.95. The van der Waals surface area contributed by atoms with Crippen LogP contribution in [0.4, 0.5) is 0 Å². The zero-order chi connectivity index (χ0) is 10.0. The second kappa shape index (κ2) is 3.87. The molecule has 14 heavy (non-hydrogen) atoms. The Kier molecular flexibility index (Phi) is 2.74. The Bertz CT molecular complexity index is 213. The molecule has 0 aromatic carbocycles. The number of hydrogen-bond acceptors (Lipinski definition) is 3. The van der Waals surface area contributed by atoms with Crippen LogP contribution in [0, 0.1) is 0 Å². The highest BCUT2D eigenvalue weighted by atomic mass is 16.5. The summed E-state index contributed by atoms with van der Waals surface area (Å²) in [6.45, 7) is 3.69. The number of rotatable bonds is 2. The van der Waals surface area contributed by atoms with Crippen molar-refractivity contribution in [3.8, 4) is 0 Å². The number of amides is 1. The predicted molar refractivity (Wildman–Crippen MR) is 51.0 cm³/mol. The van der Waals surface area contributed by atoms with E-state index in [4.69, 9.17) is 9.47 Å². The SMILES string of the molecule is CC1(CC2CCCO2)CNC(=O)CO1. The van der Waals surface area contributed by atoms with Gasteiger partial charge in [0.25, 0.3) is 0 Å². The zero-order valence-corrected chi connectivity index (χ0v) is 8.54. The molecule has 1 N–H and O–H groups in total. The number of carbonyl (C=O) groups is 1. The Morgan fingerprint density at radius 2 is 2.50 bits per heavy atom. The fourth-order valence-electron chi connectivity index (χ4n) is 2.05. The lowest BCUT2D eigenvalue weighted by Gasteiger charge is -2.35. The normalized spacial score (nSPS) is 38.4. The van der Waals surface area contributed by atoms with Gasteiger partial charge in [-0.25, -0.2) is 0 Å². The van der Waals surface area contributed by atoms with Crippen molar-refractivity contribution >= 4 is 5.91 Å². The third-order valence-electron chi connectivity index (χ3n) is 2.89. The number of hydrogen-bond donors (Lipinski definition) is 1. The summed E-state index contributed by atoms with van der Waals surface area (Å²) in [4.78, 5) is 10.9. The van der Waals surface area contributed by atoms with Gasteiger partial charge in [-0.2, -0.15) is 0 Å². The Hall–Kier alpha value is -0.610. The maximum absolute atomic E-state index is 10.9. The number of nitrogens with one attached hydrogen (secondary N) is 1. The summed E-state index contributed by atoms with van der Waals surface area (Å²) in [7, 11) is 0. The Balaban J connectivity index is 1.85. The van der Waals surface area contributed by atoms with Crippen LogP contribution in [0.1, 0.15) is 26.2 Å². The summed E-state index contributed by atoms with van der Waals surface area (Å²) in [5, 5.41) is 2.83. The minimum atomic E-state index is -0.233. The summed E-state index contributed by atoms with van der Waals surface area (Å²) >= 11 is 0. The summed E-state index contributed by atoms with van der Waals surface area (Å²) in [6, 6.07) is 0. The van der Waals surface area contributed by atoms with Crippen molar-refractivity contribution in [1.29, 1.82) is 0 Å². The smallest absolute Gasteiger partial charge is 0.246 e. The van der Waals surface area contributed by atoms with Gasteiger partial charge >= 0.3 is 0 Å². The molecule has 2 unspecified atom stereocenters. The van der Waals surface area contributed by atoms with Gasteiger partial charge in [0, 0.05) is 19.6 Å². The molecule has 80 valence electrons. The molecule has 0 aromatic rings. The number of carbonyl (C=O) groups excluding carboxylic acids is 1. The fourth-order valence-corrected chi connectivity index (χ4v) is 2.05. The maximum atomic E-state index is 10.9. The first-order valence-corrected chi connectivity index (χ1v) is 5.20. The van der Waals surface area contributed by atoms with E-state index < -0.39 is 0 Å². The largest absolute Gasteiger partial charge is 0.378 e. The predicted octanol–water partition coefficient (Wildman–Crippen LogP) is 0.461. The minimum Gasteiger partial charge on any atom is -0.378 e. The Morgan fingerprint density at radius 1 is 1.64 bits per heavy atom. The van der Waals surface area contributed by atoms with Crippen LogP contribution in [0.5, 0.6) is 0 Å². The van der Waals surface area contributed by atoms with E-state index in [0.717, 1.165) is 25.9 Å². The van der Waals surface area contributed by atoms with E-state index >= 15 is 0 Å². The van der Waals surface area contributed by atoms with Crippen LogP contribution in [-0.2, 0) is 14.3 Å². The molecule has 2 fully saturated rings. The molecule has 0 bridgehead atoms. The first-order chi connectivity index (χ1) is 6.68. The summed E-state index contributed by atoms with van der Waals surface area (Å²) < 4.78 is 11.1. The molecule has 1 amide bonds. The number of ether oxygens (including phenoxy) is 2. The summed E-state index contributed by atoms with van der Waals surface area (Å²) in [5.74, 6) is -0.0187. The van der Waals surface area contributed by atoms with E-state index in [9.17, 15) is 4.79 Å². The molecule has 2 saturated heterocycles. The van der Waals surface area contributed by atoms with Gasteiger partial charge < -0.3 is 14.8 Å². The van der Waals surface area contributed by atoms with E-state index in [0.29, 0.717) is 12.6 Å². The molecular formula is C10H17NO3. The highest BCUT2D eigenvalue weighted by Gasteiger charge is 2.34. The lowest BCUT2D eigenvalue weighted by molar-refractivity contribution is -0.145. The van der Waals surface area contributed by atoms with Gasteiger partial charge in [0.1, 0.15) is 6.61 Å². The van der Waals surface area contributed by atoms with Gasteiger partial charge in [-0.3, -0.25) is 4.79 Å². The van der Waals surface area contributed by atoms with E-state index in [1.165, 1.54) is 0 Å². The molecule has 0 aromatic heterocycles. The minimum absolute atomic E-state index is 0.0187. The van der Waals surface area contributed by atoms with Gasteiger partial charge in [0.2, 0.25) is 5.91 Å². The molecule has 2 rings (SSSR count). The molecule has 2 heterocycles. The van der Waals surface area contributed by atoms with Crippen LogP contribution in [0.25, 0.3) is 0 Å². The van der Waals surface area contributed by atoms with Crippen molar-refractivity contribution in [1.82, 2.24) is 5.32 Å². The topological polar surface area (TPSA) is 47.6 Å². The van der Waals surface area contributed by atoms with Gasteiger partial charge in [-0.1, -0.05) is 0 Å². The summed E-state index contributed by atoms with van der Waals surface area (Å²) in [6.07, 6.45) is 3.46. The molecule has 4 heteroatoms. The first-order valence-electron chi connectivity index (χ1n) is 5.20. The third-order valence-corrected chi connectivity index (χ3v) is 2.89. The van der Waals surface area contributed by atoms with E-state index in [2.05, 4.69) is 5.32 Å². The molecular weight excluding hydrogens is 182 g/mol. The number of morpholine rings is 1. The molecule has 2 aliphatic rings. The molecule has 2 atom stereocenters. The molecule has 4 nitrogen and oxygen atoms in total. The van der Waals surface area contributed by atoms with E-state index in [-0.39, 0.29) is 18.1 Å².